The Kier molecular flexibility index (Phi) is 5.65. The smallest absolute Gasteiger partial charge is 0.159 e. The van der Waals surface area contributed by atoms with E-state index in [-0.39, 0.29) is 0 Å². The predicted octanol–water partition coefficient (Wildman–Crippen LogP) is 3.16. The maximum absolute atomic E-state index is 4.55. The molecular formula is C20H26N4S. The number of rotatable bonds is 4. The lowest BCUT2D eigenvalue weighted by Crippen LogP contribution is -2.47. The van der Waals surface area contributed by atoms with E-state index < -0.39 is 0 Å². The van der Waals surface area contributed by atoms with Crippen LogP contribution >= 0.6 is 11.8 Å². The highest BCUT2D eigenvalue weighted by Gasteiger charge is 2.25. The number of aromatic nitrogens is 2. The molecule has 0 amide bonds. The Morgan fingerprint density at radius 2 is 1.60 bits per heavy atom. The zero-order valence-electron chi connectivity index (χ0n) is 14.7. The molecule has 0 unspecified atom stereocenters. The molecule has 25 heavy (non-hydrogen) atoms. The molecule has 4 nitrogen and oxygen atoms in total. The Bertz CT molecular complexity index is 647. The van der Waals surface area contributed by atoms with E-state index in [1.54, 1.807) is 0 Å². The van der Waals surface area contributed by atoms with Gasteiger partial charge in [-0.1, -0.05) is 30.3 Å². The highest BCUT2D eigenvalue weighted by Crippen LogP contribution is 2.21. The fourth-order valence-corrected chi connectivity index (χ4v) is 4.75. The summed E-state index contributed by atoms with van der Waals surface area (Å²) in [6.07, 6.45) is 6.58. The highest BCUT2D eigenvalue weighted by atomic mass is 32.2. The Hall–Kier alpha value is -1.43. The molecule has 4 rings (SSSR count). The van der Waals surface area contributed by atoms with Gasteiger partial charge in [0.2, 0.25) is 0 Å². The van der Waals surface area contributed by atoms with Crippen LogP contribution in [0.2, 0.25) is 0 Å². The van der Waals surface area contributed by atoms with Gasteiger partial charge in [-0.25, -0.2) is 9.97 Å². The van der Waals surface area contributed by atoms with Crippen molar-refractivity contribution in [2.75, 3.05) is 37.7 Å². The maximum atomic E-state index is 4.55. The monoisotopic (exact) mass is 354 g/mol. The minimum atomic E-state index is 0.800. The molecule has 2 aliphatic rings. The van der Waals surface area contributed by atoms with Crippen LogP contribution in [0.25, 0.3) is 11.4 Å². The average Bonchev–Trinajstić information content (AvgIpc) is 2.71. The van der Waals surface area contributed by atoms with Gasteiger partial charge in [-0.2, -0.15) is 11.8 Å². The van der Waals surface area contributed by atoms with Crippen LogP contribution in [0.4, 0.5) is 0 Å². The first-order valence-electron chi connectivity index (χ1n) is 9.29. The molecule has 0 radical (unpaired) electrons. The molecule has 5 heteroatoms. The maximum Gasteiger partial charge on any atom is 0.159 e. The molecule has 2 aliphatic heterocycles. The number of benzene rings is 1. The van der Waals surface area contributed by atoms with Crippen molar-refractivity contribution >= 4 is 11.8 Å². The number of thioether (sulfide) groups is 1. The van der Waals surface area contributed by atoms with Gasteiger partial charge in [-0.15, -0.1) is 0 Å². The summed E-state index contributed by atoms with van der Waals surface area (Å²) in [6.45, 7) is 5.91. The first-order chi connectivity index (χ1) is 12.4. The molecule has 0 aliphatic carbocycles. The van der Waals surface area contributed by atoms with Gasteiger partial charge < -0.3 is 0 Å². The molecule has 0 saturated carbocycles. The van der Waals surface area contributed by atoms with Crippen LogP contribution in [0.1, 0.15) is 18.4 Å². The fraction of sp³-hybridized carbons (Fsp3) is 0.500. The summed E-state index contributed by atoms with van der Waals surface area (Å²) in [5.41, 5.74) is 2.29. The van der Waals surface area contributed by atoms with E-state index in [2.05, 4.69) is 43.7 Å². The lowest BCUT2D eigenvalue weighted by Gasteiger charge is -2.40. The van der Waals surface area contributed by atoms with Crippen LogP contribution in [0.15, 0.2) is 42.7 Å². The molecule has 2 fully saturated rings. The first-order valence-corrected chi connectivity index (χ1v) is 10.4. The van der Waals surface area contributed by atoms with Crippen molar-refractivity contribution in [3.63, 3.8) is 0 Å². The van der Waals surface area contributed by atoms with Crippen LogP contribution in [0, 0.1) is 0 Å². The zero-order chi connectivity index (χ0) is 16.9. The van der Waals surface area contributed by atoms with Gasteiger partial charge in [0.15, 0.2) is 5.82 Å². The van der Waals surface area contributed by atoms with E-state index >= 15 is 0 Å². The van der Waals surface area contributed by atoms with Crippen LogP contribution in [0.3, 0.4) is 0 Å². The lowest BCUT2D eigenvalue weighted by molar-refractivity contribution is 0.112. The standard InChI is InChI=1S/C20H26N4S/c1-2-4-18(5-3-1)20-21-14-17(15-22-20)16-23-8-6-19(7-9-23)24-10-12-25-13-11-24/h1-5,14-15,19H,6-13,16H2. The van der Waals surface area contributed by atoms with E-state index in [1.165, 1.54) is 56.1 Å². The van der Waals surface area contributed by atoms with E-state index in [9.17, 15) is 0 Å². The Balaban J connectivity index is 1.30. The summed E-state index contributed by atoms with van der Waals surface area (Å²) in [7, 11) is 0. The topological polar surface area (TPSA) is 32.3 Å². The molecule has 1 aromatic heterocycles. The van der Waals surface area contributed by atoms with Crippen LogP contribution in [-0.4, -0.2) is 63.5 Å². The second kappa shape index (κ2) is 8.30. The average molecular weight is 355 g/mol. The van der Waals surface area contributed by atoms with Gasteiger partial charge in [-0.05, 0) is 25.9 Å². The molecule has 0 bridgehead atoms. The van der Waals surface area contributed by atoms with E-state index in [0.717, 1.165) is 24.0 Å². The Morgan fingerprint density at radius 1 is 0.920 bits per heavy atom. The zero-order valence-corrected chi connectivity index (χ0v) is 15.5. The highest BCUT2D eigenvalue weighted by molar-refractivity contribution is 7.99. The normalized spacial score (nSPS) is 20.6. The Morgan fingerprint density at radius 3 is 2.28 bits per heavy atom. The predicted molar refractivity (Wildman–Crippen MR) is 105 cm³/mol. The molecular weight excluding hydrogens is 328 g/mol. The van der Waals surface area contributed by atoms with Crippen molar-refractivity contribution in [1.29, 1.82) is 0 Å². The minimum absolute atomic E-state index is 0.800. The number of likely N-dealkylation sites (tertiary alicyclic amines) is 1. The van der Waals surface area contributed by atoms with Crippen LogP contribution in [0.5, 0.6) is 0 Å². The third kappa shape index (κ3) is 4.40. The third-order valence-electron chi connectivity index (χ3n) is 5.26. The third-order valence-corrected chi connectivity index (χ3v) is 6.21. The summed E-state index contributed by atoms with van der Waals surface area (Å²) in [6, 6.07) is 11.0. The summed E-state index contributed by atoms with van der Waals surface area (Å²) >= 11 is 2.10. The number of hydrogen-bond donors (Lipinski definition) is 0. The summed E-state index contributed by atoms with van der Waals surface area (Å²) in [4.78, 5) is 14.4. The van der Waals surface area contributed by atoms with Gasteiger partial charge in [0.1, 0.15) is 0 Å². The van der Waals surface area contributed by atoms with Gasteiger partial charge >= 0.3 is 0 Å². The summed E-state index contributed by atoms with van der Waals surface area (Å²) in [5.74, 6) is 3.43. The lowest BCUT2D eigenvalue weighted by atomic mass is 10.0. The second-order valence-corrected chi connectivity index (χ2v) is 8.16. The number of piperidine rings is 1. The van der Waals surface area contributed by atoms with Gasteiger partial charge in [0.25, 0.3) is 0 Å². The van der Waals surface area contributed by atoms with E-state index in [1.807, 2.05) is 30.6 Å². The SMILES string of the molecule is c1ccc(-c2ncc(CN3CCC(N4CCSCC4)CC3)cn2)cc1. The van der Waals surface area contributed by atoms with Gasteiger partial charge in [-0.3, -0.25) is 9.80 Å². The van der Waals surface area contributed by atoms with Crippen molar-refractivity contribution in [2.45, 2.75) is 25.4 Å². The van der Waals surface area contributed by atoms with E-state index in [0.29, 0.717) is 0 Å². The number of hydrogen-bond acceptors (Lipinski definition) is 5. The molecule has 132 valence electrons. The van der Waals surface area contributed by atoms with Crippen LogP contribution in [-0.2, 0) is 6.54 Å². The summed E-state index contributed by atoms with van der Waals surface area (Å²) in [5, 5.41) is 0. The molecule has 1 aromatic carbocycles. The molecule has 3 heterocycles. The molecule has 0 atom stereocenters. The minimum Gasteiger partial charge on any atom is -0.299 e. The Labute approximate surface area is 154 Å². The van der Waals surface area contributed by atoms with E-state index in [4.69, 9.17) is 0 Å². The van der Waals surface area contributed by atoms with Gasteiger partial charge in [0.05, 0.1) is 0 Å². The molecule has 0 N–H and O–H groups in total. The molecule has 2 saturated heterocycles. The van der Waals surface area contributed by atoms with Crippen molar-refractivity contribution in [3.8, 4) is 11.4 Å². The molecule has 0 spiro atoms. The van der Waals surface area contributed by atoms with Gasteiger partial charge in [0, 0.05) is 60.7 Å². The number of nitrogens with zero attached hydrogens (tertiary/aromatic N) is 4. The van der Waals surface area contributed by atoms with Crippen molar-refractivity contribution in [3.05, 3.63) is 48.3 Å². The van der Waals surface area contributed by atoms with Crippen molar-refractivity contribution in [1.82, 2.24) is 19.8 Å². The van der Waals surface area contributed by atoms with Crippen molar-refractivity contribution in [2.24, 2.45) is 0 Å². The summed E-state index contributed by atoms with van der Waals surface area (Å²) < 4.78 is 0. The second-order valence-electron chi connectivity index (χ2n) is 6.94. The fourth-order valence-electron chi connectivity index (χ4n) is 3.82. The first kappa shape index (κ1) is 17.0. The quantitative estimate of drug-likeness (QED) is 0.842. The molecule has 2 aromatic rings. The van der Waals surface area contributed by atoms with Crippen molar-refractivity contribution < 1.29 is 0 Å². The largest absolute Gasteiger partial charge is 0.299 e. The van der Waals surface area contributed by atoms with Crippen LogP contribution < -0.4 is 0 Å².